The van der Waals surface area contributed by atoms with Crippen molar-refractivity contribution < 1.29 is 9.53 Å². The molecule has 0 radical (unpaired) electrons. The number of para-hydroxylation sites is 1. The molecule has 2 fully saturated rings. The Labute approximate surface area is 141 Å². The smallest absolute Gasteiger partial charge is 0.291 e. The van der Waals surface area contributed by atoms with E-state index in [4.69, 9.17) is 4.74 Å². The zero-order valence-electron chi connectivity index (χ0n) is 14.2. The number of benzene rings is 1. The van der Waals surface area contributed by atoms with E-state index in [1.165, 1.54) is 5.56 Å². The molecule has 2 aliphatic rings. The van der Waals surface area contributed by atoms with Crippen LogP contribution >= 0.6 is 0 Å². The minimum absolute atomic E-state index is 0.196. The molecule has 24 heavy (non-hydrogen) atoms. The molecular formula is C18H22N4O2. The molecule has 1 saturated carbocycles. The third kappa shape index (κ3) is 2.51. The molecule has 6 nitrogen and oxygen atoms in total. The van der Waals surface area contributed by atoms with Crippen molar-refractivity contribution in [3.05, 3.63) is 41.5 Å². The Bertz CT molecular complexity index is 773. The lowest BCUT2D eigenvalue weighted by Gasteiger charge is -2.12. The zero-order chi connectivity index (χ0) is 16.8. The summed E-state index contributed by atoms with van der Waals surface area (Å²) in [4.78, 5) is 16.8. The number of amides is 1. The van der Waals surface area contributed by atoms with Gasteiger partial charge in [0, 0.05) is 17.9 Å². The van der Waals surface area contributed by atoms with Gasteiger partial charge < -0.3 is 10.1 Å². The molecule has 126 valence electrons. The molecule has 2 heterocycles. The van der Waals surface area contributed by atoms with Gasteiger partial charge in [-0.05, 0) is 24.5 Å². The van der Waals surface area contributed by atoms with Gasteiger partial charge in [-0.15, -0.1) is 5.10 Å². The molecule has 0 bridgehead atoms. The first-order chi connectivity index (χ1) is 11.6. The number of nitrogens with zero attached hydrogens (tertiary/aromatic N) is 3. The molecule has 1 aliphatic carbocycles. The summed E-state index contributed by atoms with van der Waals surface area (Å²) in [5.74, 6) is 2.06. The Morgan fingerprint density at radius 1 is 1.29 bits per heavy atom. The van der Waals surface area contributed by atoms with Crippen LogP contribution in [0.15, 0.2) is 24.3 Å². The normalized spacial score (nSPS) is 24.9. The Hall–Kier alpha value is -2.21. The fourth-order valence-corrected chi connectivity index (χ4v) is 3.55. The number of hydrogen-bond acceptors (Lipinski definition) is 4. The number of rotatable bonds is 4. The van der Waals surface area contributed by atoms with Crippen LogP contribution in [0.3, 0.4) is 0 Å². The molecule has 0 spiro atoms. The van der Waals surface area contributed by atoms with Gasteiger partial charge in [0.1, 0.15) is 5.82 Å². The van der Waals surface area contributed by atoms with Crippen LogP contribution in [0.2, 0.25) is 0 Å². The van der Waals surface area contributed by atoms with Crippen LogP contribution < -0.4 is 5.32 Å². The third-order valence-corrected chi connectivity index (χ3v) is 5.01. The van der Waals surface area contributed by atoms with Crippen molar-refractivity contribution in [3.63, 3.8) is 0 Å². The molecule has 1 aliphatic heterocycles. The fraction of sp³-hybridized carbons (Fsp3) is 0.500. The number of fused-ring (bicyclic) bond motifs is 1. The van der Waals surface area contributed by atoms with E-state index in [-0.39, 0.29) is 17.8 Å². The minimum atomic E-state index is -0.196. The molecule has 1 aromatic carbocycles. The highest BCUT2D eigenvalue weighted by Crippen LogP contribution is 2.44. The average Bonchev–Trinajstić information content (AvgIpc) is 2.95. The number of aromatic nitrogens is 3. The predicted octanol–water partition coefficient (Wildman–Crippen LogP) is 2.07. The Morgan fingerprint density at radius 2 is 2.00 bits per heavy atom. The molecule has 1 saturated heterocycles. The predicted molar refractivity (Wildman–Crippen MR) is 89.2 cm³/mol. The van der Waals surface area contributed by atoms with Crippen LogP contribution in [0.5, 0.6) is 0 Å². The average molecular weight is 326 g/mol. The highest BCUT2D eigenvalue weighted by molar-refractivity contribution is 5.91. The summed E-state index contributed by atoms with van der Waals surface area (Å²) < 4.78 is 7.12. The summed E-state index contributed by atoms with van der Waals surface area (Å²) in [6.07, 6.45) is 0. The number of ether oxygens (including phenoxy) is 1. The standard InChI is InChI=1S/C18H22N4O2/c1-10(2)12-6-4-5-7-15(12)22-11(3)19-17(21-22)18(23)20-16-13-8-24-9-14(13)16/h4-7,10,13-14,16H,8-9H2,1-3H3,(H,20,23)/t13-,14+,16?. The first kappa shape index (κ1) is 15.3. The number of nitrogens with one attached hydrogen (secondary N) is 1. The van der Waals surface area contributed by atoms with Crippen LogP contribution in [0.4, 0.5) is 0 Å². The van der Waals surface area contributed by atoms with E-state index < -0.39 is 0 Å². The Morgan fingerprint density at radius 3 is 2.71 bits per heavy atom. The van der Waals surface area contributed by atoms with E-state index in [2.05, 4.69) is 35.3 Å². The maximum atomic E-state index is 12.5. The van der Waals surface area contributed by atoms with Crippen LogP contribution in [0.25, 0.3) is 5.69 Å². The summed E-state index contributed by atoms with van der Waals surface area (Å²) in [6, 6.07) is 8.33. The van der Waals surface area contributed by atoms with Gasteiger partial charge in [-0.2, -0.15) is 0 Å². The molecule has 6 heteroatoms. The fourth-order valence-electron chi connectivity index (χ4n) is 3.55. The van der Waals surface area contributed by atoms with E-state index >= 15 is 0 Å². The van der Waals surface area contributed by atoms with Crippen LogP contribution in [-0.2, 0) is 4.74 Å². The van der Waals surface area contributed by atoms with E-state index in [0.717, 1.165) is 18.9 Å². The van der Waals surface area contributed by atoms with Crippen molar-refractivity contribution in [1.82, 2.24) is 20.1 Å². The van der Waals surface area contributed by atoms with Gasteiger partial charge in [-0.25, -0.2) is 9.67 Å². The third-order valence-electron chi connectivity index (χ3n) is 5.01. The van der Waals surface area contributed by atoms with Crippen molar-refractivity contribution in [2.75, 3.05) is 13.2 Å². The van der Waals surface area contributed by atoms with Crippen molar-refractivity contribution in [1.29, 1.82) is 0 Å². The van der Waals surface area contributed by atoms with E-state index in [1.807, 2.05) is 25.1 Å². The molecule has 3 atom stereocenters. The van der Waals surface area contributed by atoms with Gasteiger partial charge in [-0.3, -0.25) is 4.79 Å². The second-order valence-corrected chi connectivity index (χ2v) is 6.97. The van der Waals surface area contributed by atoms with E-state index in [9.17, 15) is 4.79 Å². The molecule has 1 unspecified atom stereocenters. The van der Waals surface area contributed by atoms with Crippen LogP contribution in [-0.4, -0.2) is 39.9 Å². The Kier molecular flexibility index (Phi) is 3.64. The number of aryl methyl sites for hydroxylation is 1. The summed E-state index contributed by atoms with van der Waals surface area (Å²) in [5, 5.41) is 7.50. The van der Waals surface area contributed by atoms with Gasteiger partial charge in [0.2, 0.25) is 5.82 Å². The SMILES string of the molecule is Cc1nc(C(=O)NC2[C@H]3COC[C@@H]23)nn1-c1ccccc1C(C)C. The van der Waals surface area contributed by atoms with Crippen LogP contribution in [0.1, 0.15) is 41.8 Å². The molecule has 1 amide bonds. The summed E-state index contributed by atoms with van der Waals surface area (Å²) in [7, 11) is 0. The largest absolute Gasteiger partial charge is 0.381 e. The summed E-state index contributed by atoms with van der Waals surface area (Å²) in [5.41, 5.74) is 2.17. The second kappa shape index (κ2) is 5.70. The highest BCUT2D eigenvalue weighted by atomic mass is 16.5. The minimum Gasteiger partial charge on any atom is -0.381 e. The maximum Gasteiger partial charge on any atom is 0.291 e. The summed E-state index contributed by atoms with van der Waals surface area (Å²) >= 11 is 0. The summed E-state index contributed by atoms with van der Waals surface area (Å²) in [6.45, 7) is 7.66. The molecule has 1 aromatic heterocycles. The molecule has 2 aromatic rings. The zero-order valence-corrected chi connectivity index (χ0v) is 14.2. The van der Waals surface area contributed by atoms with Gasteiger partial charge in [0.25, 0.3) is 5.91 Å². The maximum absolute atomic E-state index is 12.5. The number of carbonyl (C=O) groups is 1. The lowest BCUT2D eigenvalue weighted by molar-refractivity contribution is 0.0918. The second-order valence-electron chi connectivity index (χ2n) is 6.97. The van der Waals surface area contributed by atoms with Gasteiger partial charge in [0.15, 0.2) is 0 Å². The first-order valence-electron chi connectivity index (χ1n) is 8.48. The van der Waals surface area contributed by atoms with Crippen molar-refractivity contribution >= 4 is 5.91 Å². The van der Waals surface area contributed by atoms with Gasteiger partial charge in [-0.1, -0.05) is 32.0 Å². The van der Waals surface area contributed by atoms with Crippen molar-refractivity contribution in [2.45, 2.75) is 32.7 Å². The van der Waals surface area contributed by atoms with Gasteiger partial charge >= 0.3 is 0 Å². The van der Waals surface area contributed by atoms with E-state index in [0.29, 0.717) is 23.6 Å². The van der Waals surface area contributed by atoms with E-state index in [1.54, 1.807) is 4.68 Å². The number of hydrogen-bond donors (Lipinski definition) is 1. The van der Waals surface area contributed by atoms with Crippen molar-refractivity contribution in [3.8, 4) is 5.69 Å². The topological polar surface area (TPSA) is 69.0 Å². The first-order valence-corrected chi connectivity index (χ1v) is 8.48. The van der Waals surface area contributed by atoms with Crippen molar-refractivity contribution in [2.24, 2.45) is 11.8 Å². The lowest BCUT2D eigenvalue weighted by Crippen LogP contribution is -2.30. The van der Waals surface area contributed by atoms with Gasteiger partial charge in [0.05, 0.1) is 18.9 Å². The van der Waals surface area contributed by atoms with Crippen LogP contribution in [0, 0.1) is 18.8 Å². The molecular weight excluding hydrogens is 304 g/mol. The number of carbonyl (C=O) groups excluding carboxylic acids is 1. The Balaban J connectivity index is 1.57. The quantitative estimate of drug-likeness (QED) is 0.934. The monoisotopic (exact) mass is 326 g/mol. The lowest BCUT2D eigenvalue weighted by atomic mass is 10.0. The molecule has 4 rings (SSSR count). The molecule has 1 N–H and O–H groups in total. The highest BCUT2D eigenvalue weighted by Gasteiger charge is 2.55.